The molecule has 0 amide bonds. The zero-order valence-electron chi connectivity index (χ0n) is 10.1. The van der Waals surface area contributed by atoms with Gasteiger partial charge in [0.15, 0.2) is 0 Å². The Balaban J connectivity index is 0. The lowest BCUT2D eigenvalue weighted by Crippen LogP contribution is -2.48. The highest BCUT2D eigenvalue weighted by Gasteiger charge is 2.20. The molecular weight excluding hydrogens is 238 g/mol. The highest BCUT2D eigenvalue weighted by molar-refractivity contribution is 7.73. The molecule has 98 valence electrons. The predicted octanol–water partition coefficient (Wildman–Crippen LogP) is 1.89. The van der Waals surface area contributed by atoms with Crippen LogP contribution >= 0.6 is 0 Å². The van der Waals surface area contributed by atoms with Crippen LogP contribution in [-0.2, 0) is 11.4 Å². The minimum absolute atomic E-state index is 0.903. The van der Waals surface area contributed by atoms with E-state index in [9.17, 15) is 0 Å². The van der Waals surface area contributed by atoms with E-state index in [1.54, 1.807) is 0 Å². The van der Waals surface area contributed by atoms with Crippen molar-refractivity contribution in [3.8, 4) is 0 Å². The normalized spacial score (nSPS) is 11.6. The predicted molar refractivity (Wildman–Crippen MR) is 72.1 cm³/mol. The van der Waals surface area contributed by atoms with Crippen molar-refractivity contribution in [2.24, 2.45) is 0 Å². The second-order valence-electron chi connectivity index (χ2n) is 3.44. The van der Waals surface area contributed by atoms with Gasteiger partial charge >= 0.3 is 0 Å². The van der Waals surface area contributed by atoms with E-state index in [0.717, 1.165) is 30.7 Å². The van der Waals surface area contributed by atoms with Gasteiger partial charge in [0.05, 0.1) is 37.5 Å². The summed E-state index contributed by atoms with van der Waals surface area (Å²) < 4.78 is 25.0. The molecule has 1 unspecified atom stereocenters. The lowest BCUT2D eigenvalue weighted by Gasteiger charge is -2.35. The highest BCUT2D eigenvalue weighted by Crippen LogP contribution is 2.07. The maximum Gasteiger partial charge on any atom is 0.0978 e. The van der Waals surface area contributed by atoms with Gasteiger partial charge in [-0.05, 0) is 24.3 Å². The summed E-state index contributed by atoms with van der Waals surface area (Å²) in [6, 6.07) is 0. The summed E-state index contributed by atoms with van der Waals surface area (Å²) in [6.07, 6.45) is 7.76. The molecule has 0 aromatic heterocycles. The van der Waals surface area contributed by atoms with Crippen LogP contribution < -0.4 is 0 Å². The number of quaternary nitrogens is 1. The number of hydrogen-bond acceptors (Lipinski definition) is 2. The third kappa shape index (κ3) is 11.3. The van der Waals surface area contributed by atoms with Crippen molar-refractivity contribution in [2.45, 2.75) is 0 Å². The van der Waals surface area contributed by atoms with Crippen LogP contribution in [0.3, 0.4) is 0 Å². The Hall–Kier alpha value is -1.01. The maximum absolute atomic E-state index is 8.56. The zero-order valence-corrected chi connectivity index (χ0v) is 10.9. The highest BCUT2D eigenvalue weighted by atomic mass is 32.2. The van der Waals surface area contributed by atoms with Gasteiger partial charge in [-0.25, -0.2) is 4.21 Å². The van der Waals surface area contributed by atoms with E-state index in [-0.39, 0.29) is 0 Å². The van der Waals surface area contributed by atoms with Crippen LogP contribution in [0.4, 0.5) is 0 Å². The van der Waals surface area contributed by atoms with Crippen LogP contribution in [0.1, 0.15) is 0 Å². The van der Waals surface area contributed by atoms with E-state index in [4.69, 9.17) is 13.3 Å². The lowest BCUT2D eigenvalue weighted by molar-refractivity contribution is -0.906. The summed E-state index contributed by atoms with van der Waals surface area (Å²) >= 11 is -2.86. The molecule has 0 saturated heterocycles. The Morgan fingerprint density at radius 1 is 0.941 bits per heavy atom. The summed E-state index contributed by atoms with van der Waals surface area (Å²) in [5, 5.41) is 0. The summed E-state index contributed by atoms with van der Waals surface area (Å²) in [7, 11) is 0. The summed E-state index contributed by atoms with van der Waals surface area (Å²) in [6.45, 7) is 18.8. The van der Waals surface area contributed by atoms with E-state index >= 15 is 0 Å². The molecule has 0 fully saturated rings. The first-order valence-corrected chi connectivity index (χ1v) is 6.08. The van der Waals surface area contributed by atoms with Crippen molar-refractivity contribution in [1.82, 2.24) is 0 Å². The maximum atomic E-state index is 8.56. The largest absolute Gasteiger partial charge is 0.750 e. The van der Waals surface area contributed by atoms with E-state index in [1.807, 2.05) is 24.3 Å². The third-order valence-electron chi connectivity index (χ3n) is 2.07. The van der Waals surface area contributed by atoms with E-state index < -0.39 is 11.4 Å². The Labute approximate surface area is 106 Å². The van der Waals surface area contributed by atoms with Crippen LogP contribution in [0.5, 0.6) is 0 Å². The van der Waals surface area contributed by atoms with E-state index in [1.165, 1.54) is 0 Å². The van der Waals surface area contributed by atoms with Gasteiger partial charge in [-0.3, -0.25) is 0 Å². The van der Waals surface area contributed by atoms with Gasteiger partial charge in [-0.2, -0.15) is 0 Å². The fourth-order valence-corrected chi connectivity index (χ4v) is 1.54. The second kappa shape index (κ2) is 11.5. The molecule has 17 heavy (non-hydrogen) atoms. The molecule has 0 radical (unpaired) electrons. The molecule has 0 spiro atoms. The van der Waals surface area contributed by atoms with E-state index in [0.29, 0.717) is 0 Å². The molecule has 0 rings (SSSR count). The van der Waals surface area contributed by atoms with Gasteiger partial charge in [0, 0.05) is 0 Å². The topological polar surface area (TPSA) is 60.4 Å². The minimum atomic E-state index is -2.86. The number of nitrogens with zero attached hydrogens (tertiary/aromatic N) is 1. The summed E-state index contributed by atoms with van der Waals surface area (Å²) in [5.74, 6) is 0. The average Bonchev–Trinajstić information content (AvgIpc) is 2.18. The molecule has 0 aliphatic rings. The second-order valence-corrected chi connectivity index (χ2v) is 3.88. The molecule has 4 nitrogen and oxygen atoms in total. The Morgan fingerprint density at radius 3 is 1.24 bits per heavy atom. The van der Waals surface area contributed by atoms with E-state index in [2.05, 4.69) is 26.3 Å². The van der Waals surface area contributed by atoms with Gasteiger partial charge < -0.3 is 13.6 Å². The summed E-state index contributed by atoms with van der Waals surface area (Å²) in [4.78, 5) is 0. The van der Waals surface area contributed by atoms with Gasteiger partial charge in [0.1, 0.15) is 0 Å². The molecule has 0 heterocycles. The minimum Gasteiger partial charge on any atom is -0.750 e. The van der Waals surface area contributed by atoms with Gasteiger partial charge in [0.25, 0.3) is 0 Å². The van der Waals surface area contributed by atoms with Crippen molar-refractivity contribution in [1.29, 1.82) is 0 Å². The fraction of sp³-hybridized carbons (Fsp3) is 0.333. The zero-order chi connectivity index (χ0) is 13.7. The molecule has 0 aromatic carbocycles. The first-order valence-electron chi connectivity index (χ1n) is 5.05. The summed E-state index contributed by atoms with van der Waals surface area (Å²) in [5.41, 5.74) is 0. The quantitative estimate of drug-likeness (QED) is 0.411. The first-order chi connectivity index (χ1) is 7.97. The van der Waals surface area contributed by atoms with Crippen LogP contribution in [0.15, 0.2) is 50.6 Å². The average molecular weight is 259 g/mol. The van der Waals surface area contributed by atoms with Crippen molar-refractivity contribution in [3.63, 3.8) is 0 Å². The van der Waals surface area contributed by atoms with Crippen LogP contribution in [0.2, 0.25) is 0 Å². The molecule has 1 N–H and O–H groups in total. The first kappa shape index (κ1) is 18.4. The van der Waals surface area contributed by atoms with Crippen molar-refractivity contribution in [2.75, 3.05) is 26.2 Å². The molecule has 0 saturated carbocycles. The van der Waals surface area contributed by atoms with Crippen LogP contribution in [0.25, 0.3) is 0 Å². The molecule has 5 heteroatoms. The Morgan fingerprint density at radius 2 is 1.12 bits per heavy atom. The molecular formula is C12H21NO3S. The smallest absolute Gasteiger partial charge is 0.0978 e. The van der Waals surface area contributed by atoms with Gasteiger partial charge in [-0.1, -0.05) is 26.3 Å². The van der Waals surface area contributed by atoms with Crippen LogP contribution in [0, 0.1) is 0 Å². The molecule has 0 aliphatic heterocycles. The monoisotopic (exact) mass is 259 g/mol. The van der Waals surface area contributed by atoms with Crippen molar-refractivity contribution < 1.29 is 17.8 Å². The fourth-order valence-electron chi connectivity index (χ4n) is 1.54. The molecule has 0 aliphatic carbocycles. The third-order valence-corrected chi connectivity index (χ3v) is 2.07. The van der Waals surface area contributed by atoms with Crippen LogP contribution in [-0.4, -0.2) is 44.0 Å². The van der Waals surface area contributed by atoms with Crippen molar-refractivity contribution in [3.05, 3.63) is 50.6 Å². The molecule has 1 atom stereocenters. The molecule has 0 aromatic rings. The SMILES string of the molecule is C=CC[N+](CC=C)(CC=C)CC=C.O=S([O-])O. The Kier molecular flexibility index (Phi) is 12.4. The number of hydrogen-bond donors (Lipinski definition) is 1. The molecule has 0 bridgehead atoms. The van der Waals surface area contributed by atoms with Gasteiger partial charge in [-0.15, -0.1) is 0 Å². The van der Waals surface area contributed by atoms with Gasteiger partial charge in [0.2, 0.25) is 0 Å². The Bertz CT molecular complexity index is 227. The lowest BCUT2D eigenvalue weighted by atomic mass is 10.3. The van der Waals surface area contributed by atoms with Crippen molar-refractivity contribution >= 4 is 11.4 Å². The standard InChI is InChI=1S/C12H20N.H2O3S/c1-5-9-13(10-6-2,11-7-3)12-8-4;1-4(2)3/h5-8H,1-4,9-12H2;(H2,1,2,3)/q+1;/p-1. The number of rotatable bonds is 8.